The smallest absolute Gasteiger partial charge is 0.394 e. The Morgan fingerprint density at radius 3 is 1.74 bits per heavy atom. The van der Waals surface area contributed by atoms with Crippen LogP contribution in [0.5, 0.6) is 0 Å². The highest BCUT2D eigenvalue weighted by Gasteiger charge is 2.60. The van der Waals surface area contributed by atoms with Crippen LogP contribution in [0.4, 0.5) is 17.6 Å². The number of benzene rings is 1. The average molecular weight is 1500 g/mol. The highest BCUT2D eigenvalue weighted by Crippen LogP contribution is 2.41. The number of aldehydes is 1. The van der Waals surface area contributed by atoms with Gasteiger partial charge in [-0.3, -0.25) is 14.4 Å². The maximum atomic E-state index is 15.1. The first-order valence-electron chi connectivity index (χ1n) is 34.5. The average Bonchev–Trinajstić information content (AvgIpc) is 0.756. The Morgan fingerprint density at radius 1 is 0.667 bits per heavy atom. The number of nitrogens with one attached hydrogen (secondary N) is 2. The summed E-state index contributed by atoms with van der Waals surface area (Å²) in [6.45, 7) is -3.24. The van der Waals surface area contributed by atoms with Crippen molar-refractivity contribution in [2.24, 2.45) is 5.73 Å². The van der Waals surface area contributed by atoms with Gasteiger partial charge in [0.25, 0.3) is 0 Å². The van der Waals surface area contributed by atoms with Crippen LogP contribution in [0, 0.1) is 5.82 Å². The number of unbranched alkanes of at least 4 members (excludes halogenated alkanes) is 14. The second kappa shape index (κ2) is 41.7. The van der Waals surface area contributed by atoms with E-state index in [9.17, 15) is 109 Å². The fourth-order valence-electron chi connectivity index (χ4n) is 12.8. The highest BCUT2D eigenvalue weighted by atomic mass is 35.5. The van der Waals surface area contributed by atoms with Crippen molar-refractivity contribution in [2.45, 2.75) is 300 Å². The molecule has 0 bridgehead atoms. The zero-order valence-electron chi connectivity index (χ0n) is 56.7. The van der Waals surface area contributed by atoms with Gasteiger partial charge in [0.15, 0.2) is 31.4 Å². The van der Waals surface area contributed by atoms with Gasteiger partial charge in [-0.15, -0.1) is 0 Å². The molecule has 5 fully saturated rings. The molecule has 5 aliphatic heterocycles. The summed E-state index contributed by atoms with van der Waals surface area (Å²) < 4.78 is 116. The van der Waals surface area contributed by atoms with Crippen LogP contribution in [0.25, 0.3) is 6.08 Å². The Bertz CT molecular complexity index is 2710. The molecule has 0 saturated carbocycles. The summed E-state index contributed by atoms with van der Waals surface area (Å²) in [7, 11) is 0. The second-order valence-electron chi connectivity index (χ2n) is 26.5. The molecule has 0 radical (unpaired) electrons. The Balaban J connectivity index is 1.24. The molecule has 32 nitrogen and oxygen atoms in total. The Hall–Kier alpha value is -3.50. The minimum absolute atomic E-state index is 0.0805. The molecule has 0 spiro atoms. The minimum atomic E-state index is -4.97. The van der Waals surface area contributed by atoms with Crippen molar-refractivity contribution >= 4 is 35.8 Å². The summed E-state index contributed by atoms with van der Waals surface area (Å²) in [5, 5.41) is 180. The zero-order chi connectivity index (χ0) is 75.3. The van der Waals surface area contributed by atoms with Crippen LogP contribution in [0.3, 0.4) is 0 Å². The van der Waals surface area contributed by atoms with Gasteiger partial charge in [-0.1, -0.05) is 121 Å². The van der Waals surface area contributed by atoms with Crippen LogP contribution in [-0.2, 0) is 67.9 Å². The first-order valence-corrected chi connectivity index (χ1v) is 34.9. The van der Waals surface area contributed by atoms with Gasteiger partial charge < -0.3 is 145 Å². The third kappa shape index (κ3) is 23.5. The van der Waals surface area contributed by atoms with Gasteiger partial charge in [0.05, 0.1) is 74.5 Å². The summed E-state index contributed by atoms with van der Waals surface area (Å²) >= 11 is 5.80. The Morgan fingerprint density at radius 2 is 1.18 bits per heavy atom. The second-order valence-corrected chi connectivity index (χ2v) is 26.9. The Kier molecular flexibility index (Phi) is 35.8. The highest BCUT2D eigenvalue weighted by molar-refractivity contribution is 6.31. The number of aliphatic hydroxyl groups excluding tert-OH is 16. The first kappa shape index (κ1) is 87.4. The van der Waals surface area contributed by atoms with Gasteiger partial charge in [-0.05, 0) is 18.6 Å². The summed E-state index contributed by atoms with van der Waals surface area (Å²) in [6.07, 6.45) is -38.2. The lowest BCUT2D eigenvalue weighted by Crippen LogP contribution is -2.71. The molecule has 5 heterocycles. The molecular weight excluding hydrogens is 1400 g/mol. The number of hydrogen-bond acceptors (Lipinski definition) is 30. The van der Waals surface area contributed by atoms with E-state index in [1.54, 1.807) is 0 Å². The molecule has 14 unspecified atom stereocenters. The van der Waals surface area contributed by atoms with Crippen LogP contribution in [-0.4, -0.2) is 311 Å². The van der Waals surface area contributed by atoms with Gasteiger partial charge in [0.2, 0.25) is 17.6 Å². The lowest BCUT2D eigenvalue weighted by atomic mass is 9.89. The summed E-state index contributed by atoms with van der Waals surface area (Å²) in [6, 6.07) is -4.30. The molecule has 1 aromatic rings. The molecule has 5 saturated heterocycles. The van der Waals surface area contributed by atoms with Crippen LogP contribution in [0.2, 0.25) is 5.02 Å². The van der Waals surface area contributed by atoms with Crippen molar-refractivity contribution in [1.29, 1.82) is 0 Å². The van der Waals surface area contributed by atoms with E-state index in [0.29, 0.717) is 25.0 Å². The lowest BCUT2D eigenvalue weighted by Gasteiger charge is -2.52. The molecule has 0 aromatic heterocycles. The molecule has 2 amide bonds. The fraction of sp³-hybridized carbons (Fsp3) is 0.831. The maximum absolute atomic E-state index is 15.1. The SMILES string of the molecule is CCCCCCCCCCCCCCCCCC(=O)N[C@@H](CO[C@@H]1OC(CO)[C@@H](O[C@@H]2OC(CO)[C@H](O[C@@H]3OC(CO)[C@H](O)C(O[C@@H]4OC(CO)[C@H](O)C(O)C4O)C3NC(C)=O)C(O[C@]3(C=O)CC(O)[C@@H](N)C([C@H](O)[C@H](O)CO)O3)C2O)C(O)C1O)[C@H](O)/C=C/c1cc(C(F)(F)F)cc(Cl)c1F. The van der Waals surface area contributed by atoms with Crippen molar-refractivity contribution in [2.75, 3.05) is 39.6 Å². The van der Waals surface area contributed by atoms with Crippen LogP contribution < -0.4 is 16.4 Å². The number of ether oxygens (including phenoxy) is 10. The standard InChI is InChI=1S/C65H104ClF4N3O29/c1-3-4-5-6-7-8-9-10-11-12-13-14-15-16-17-18-43(84)73-35(36(81)20-19-32-21-33(65(68,69)70)22-34(66)44(32)67)29-93-61-53(91)51(89)55(41(27-77)96-61)98-63-54(92)59(102-64(30-79)23-37(82)45(71)57(101-64)47(85)38(83)24-74)56(42(28-78)97-63)99-60-46(72-31(2)80)58(49(87)40(26-76)94-60)100-62-52(90)50(88)48(86)39(25-75)95-62/h19-22,30,35-42,45-63,74-78,81-83,85-92H,3-18,23-29,71H2,1-2H3,(H,72,80)(H,73,84)/b20-19+/t35-,36+,37?,38+,39?,40?,41?,42?,45+,46?,47+,48-,49-,50?,51?,52?,53?,54?,55+,56-,57?,58?,59?,60-,61+,62-,63-,64-/m0/s1. The molecule has 6 rings (SSSR count). The molecular formula is C65H104ClF4N3O29. The molecule has 5 aliphatic rings. The topological polar surface area (TPSA) is 517 Å². The molecule has 588 valence electrons. The summed E-state index contributed by atoms with van der Waals surface area (Å²) in [4.78, 5) is 39.9. The van der Waals surface area contributed by atoms with Crippen molar-refractivity contribution in [3.63, 3.8) is 0 Å². The predicted octanol–water partition coefficient (Wildman–Crippen LogP) is -2.84. The van der Waals surface area contributed by atoms with Gasteiger partial charge in [0.1, 0.15) is 122 Å². The summed E-state index contributed by atoms with van der Waals surface area (Å²) in [5.41, 5.74) is 4.12. The molecule has 0 aliphatic carbocycles. The van der Waals surface area contributed by atoms with Gasteiger partial charge >= 0.3 is 6.18 Å². The molecule has 102 heavy (non-hydrogen) atoms. The quantitative estimate of drug-likeness (QED) is 0.0179. The normalized spacial score (nSPS) is 35.9. The van der Waals surface area contributed by atoms with E-state index in [4.69, 9.17) is 64.7 Å². The zero-order valence-corrected chi connectivity index (χ0v) is 57.4. The number of aliphatic hydroxyl groups is 16. The van der Waals surface area contributed by atoms with Crippen molar-refractivity contribution < 1.29 is 161 Å². The van der Waals surface area contributed by atoms with Gasteiger partial charge in [-0.2, -0.15) is 13.2 Å². The predicted molar refractivity (Wildman–Crippen MR) is 342 cm³/mol. The van der Waals surface area contributed by atoms with E-state index in [-0.39, 0.29) is 12.7 Å². The van der Waals surface area contributed by atoms with E-state index in [1.165, 1.54) is 44.9 Å². The largest absolute Gasteiger partial charge is 0.416 e. The Labute approximate surface area is 591 Å². The van der Waals surface area contributed by atoms with E-state index in [1.807, 2.05) is 0 Å². The van der Waals surface area contributed by atoms with Crippen molar-refractivity contribution in [3.05, 3.63) is 40.2 Å². The van der Waals surface area contributed by atoms with Crippen LogP contribution in [0.15, 0.2) is 18.2 Å². The monoisotopic (exact) mass is 1500 g/mol. The molecule has 20 N–H and O–H groups in total. The van der Waals surface area contributed by atoms with E-state index >= 15 is 4.39 Å². The molecule has 28 atom stereocenters. The fourth-order valence-corrected chi connectivity index (χ4v) is 13.0. The maximum Gasteiger partial charge on any atom is 0.416 e. The third-order valence-electron chi connectivity index (χ3n) is 18.7. The number of alkyl halides is 3. The van der Waals surface area contributed by atoms with Gasteiger partial charge in [-0.25, -0.2) is 4.39 Å². The molecule has 37 heteroatoms. The number of hydrogen-bond donors (Lipinski definition) is 19. The van der Waals surface area contributed by atoms with Crippen LogP contribution >= 0.6 is 11.6 Å². The van der Waals surface area contributed by atoms with Crippen molar-refractivity contribution in [3.8, 4) is 0 Å². The number of nitrogens with two attached hydrogens (primary N) is 1. The van der Waals surface area contributed by atoms with E-state index in [2.05, 4.69) is 17.6 Å². The number of amides is 2. The number of rotatable bonds is 40. The van der Waals surface area contributed by atoms with E-state index < -0.39 is 257 Å². The van der Waals surface area contributed by atoms with Crippen LogP contribution in [0.1, 0.15) is 134 Å². The van der Waals surface area contributed by atoms with Crippen molar-refractivity contribution in [1.82, 2.24) is 10.6 Å². The first-order chi connectivity index (χ1) is 48.4. The summed E-state index contributed by atoms with van der Waals surface area (Å²) in [5.74, 6) is -5.78. The molecule has 1 aromatic carbocycles. The number of carbonyl (C=O) groups is 3. The third-order valence-corrected chi connectivity index (χ3v) is 19.0. The van der Waals surface area contributed by atoms with E-state index in [0.717, 1.165) is 57.6 Å². The minimum Gasteiger partial charge on any atom is -0.394 e. The number of carbonyl (C=O) groups excluding carboxylic acids is 3. The van der Waals surface area contributed by atoms with Gasteiger partial charge in [0, 0.05) is 25.3 Å². The number of halogens is 5. The lowest BCUT2D eigenvalue weighted by molar-refractivity contribution is -0.400.